The van der Waals surface area contributed by atoms with Gasteiger partial charge in [0.2, 0.25) is 11.8 Å². The number of H-pyrrole nitrogens is 1. The first-order chi connectivity index (χ1) is 24.2. The van der Waals surface area contributed by atoms with Gasteiger partial charge in [0.25, 0.3) is 0 Å². The monoisotopic (exact) mass is 737 g/mol. The molecule has 4 aromatic rings. The largest absolute Gasteiger partial charge is 0.361 e. The maximum absolute atomic E-state index is 14.4. The predicted molar refractivity (Wildman–Crippen MR) is 200 cm³/mol. The molecule has 10 nitrogen and oxygen atoms in total. The van der Waals surface area contributed by atoms with Crippen molar-refractivity contribution in [2.45, 2.75) is 80.0 Å². The van der Waals surface area contributed by atoms with Crippen molar-refractivity contribution in [3.63, 3.8) is 0 Å². The summed E-state index contributed by atoms with van der Waals surface area (Å²) in [4.78, 5) is 52.8. The molecule has 0 radical (unpaired) electrons. The zero-order chi connectivity index (χ0) is 35.6. The Hall–Kier alpha value is -3.45. The zero-order valence-electron chi connectivity index (χ0n) is 28.2. The number of nitrogens with one attached hydrogen (secondary N) is 3. The van der Waals surface area contributed by atoms with E-state index in [2.05, 4.69) is 20.6 Å². The molecule has 0 aliphatic carbocycles. The number of likely N-dealkylation sites (N-methyl/N-ethyl adjacent to an activating group) is 1. The second-order valence-corrected chi connectivity index (χ2v) is 14.5. The third-order valence-corrected chi connectivity index (χ3v) is 11.3. The number of ketones is 1. The van der Waals surface area contributed by atoms with E-state index < -0.39 is 18.0 Å². The fraction of sp³-hybridized carbons (Fsp3) is 0.405. The molecule has 0 bridgehead atoms. The van der Waals surface area contributed by atoms with Crippen LogP contribution < -0.4 is 22.1 Å². The first-order valence-electron chi connectivity index (χ1n) is 17.1. The molecule has 7 N–H and O–H groups in total. The Kier molecular flexibility index (Phi) is 13.7. The first-order valence-corrected chi connectivity index (χ1v) is 18.6. The van der Waals surface area contributed by atoms with Gasteiger partial charge in [0.05, 0.1) is 11.1 Å². The summed E-state index contributed by atoms with van der Waals surface area (Å²) in [5.74, 6) is -1.31. The Labute approximate surface area is 307 Å². The van der Waals surface area contributed by atoms with Crippen molar-refractivity contribution in [2.75, 3.05) is 20.1 Å². The molecule has 5 rings (SSSR count). The molecule has 50 heavy (non-hydrogen) atoms. The highest BCUT2D eigenvalue weighted by atomic mass is 35.5. The SMILES string of the molecule is CN1C(=O)[C@H](CCCCN)CC(=O)[C@H](CCCN)NCc2cccnc2Sc2c(Cl)ccc(Cl)c2CNC(=O)[C@@H]1Cc1c[nH]c2ccccc12. The summed E-state index contributed by atoms with van der Waals surface area (Å²) < 4.78 is 0. The highest BCUT2D eigenvalue weighted by Gasteiger charge is 2.34. The van der Waals surface area contributed by atoms with Crippen molar-refractivity contribution in [3.8, 4) is 0 Å². The minimum atomic E-state index is -0.882. The van der Waals surface area contributed by atoms with Crippen molar-refractivity contribution in [1.82, 2.24) is 25.5 Å². The highest BCUT2D eigenvalue weighted by molar-refractivity contribution is 7.99. The van der Waals surface area contributed by atoms with Crippen molar-refractivity contribution in [2.24, 2.45) is 17.4 Å². The summed E-state index contributed by atoms with van der Waals surface area (Å²) in [5, 5.41) is 9.08. The summed E-state index contributed by atoms with van der Waals surface area (Å²) in [5.41, 5.74) is 15.0. The average Bonchev–Trinajstić information content (AvgIpc) is 3.53. The van der Waals surface area contributed by atoms with E-state index in [9.17, 15) is 14.4 Å². The number of pyridine rings is 1. The minimum Gasteiger partial charge on any atom is -0.361 e. The molecule has 266 valence electrons. The maximum atomic E-state index is 14.4. The number of nitrogens with zero attached hydrogens (tertiary/aromatic N) is 2. The number of para-hydroxylation sites is 1. The Morgan fingerprint density at radius 2 is 1.72 bits per heavy atom. The van der Waals surface area contributed by atoms with Crippen molar-refractivity contribution >= 4 is 63.5 Å². The number of aromatic amines is 1. The van der Waals surface area contributed by atoms with Crippen LogP contribution in [0, 0.1) is 5.92 Å². The van der Waals surface area contributed by atoms with Crippen LogP contribution in [0.1, 0.15) is 55.2 Å². The minimum absolute atomic E-state index is 0.0305. The van der Waals surface area contributed by atoms with E-state index in [1.165, 1.54) is 16.7 Å². The van der Waals surface area contributed by atoms with Gasteiger partial charge >= 0.3 is 0 Å². The summed E-state index contributed by atoms with van der Waals surface area (Å²) in [7, 11) is 1.65. The highest BCUT2D eigenvalue weighted by Crippen LogP contribution is 2.40. The number of rotatable bonds is 9. The number of hydrogen-bond donors (Lipinski definition) is 5. The van der Waals surface area contributed by atoms with Crippen molar-refractivity contribution in [3.05, 3.63) is 87.7 Å². The number of halogens is 2. The summed E-state index contributed by atoms with van der Waals surface area (Å²) >= 11 is 14.9. The molecule has 3 atom stereocenters. The summed E-state index contributed by atoms with van der Waals surface area (Å²) in [6.07, 6.45) is 6.90. The van der Waals surface area contributed by atoms with E-state index >= 15 is 0 Å². The number of nitrogens with two attached hydrogens (primary N) is 2. The molecule has 1 aliphatic rings. The molecular weight excluding hydrogens is 693 g/mol. The van der Waals surface area contributed by atoms with Crippen molar-refractivity contribution < 1.29 is 14.4 Å². The number of Topliss-reactive ketones (excluding diaryl/α,β-unsaturated/α-hetero) is 1. The standard InChI is InChI=1S/C37H45Cl2N7O3S/c1-46-32(18-25-21-43-30-11-3-2-10-26(25)30)35(48)45-22-27-28(38)13-14-29(39)34(27)50-36-24(9-7-17-42-36)20-44-31(12-6-16-41)33(47)19-23(37(46)49)8-4-5-15-40/h2-3,7,9-11,13-14,17,21,23,31-32,43-44H,4-6,8,12,15-16,18-20,22,40-41H2,1H3,(H,45,48)/t23-,31+,32+/m1/s1. The number of unbranched alkanes of at least 4 members (excludes halogenated alkanes) is 1. The zero-order valence-corrected chi connectivity index (χ0v) is 30.6. The lowest BCUT2D eigenvalue weighted by molar-refractivity contribution is -0.143. The van der Waals surface area contributed by atoms with Crippen molar-refractivity contribution in [1.29, 1.82) is 0 Å². The lowest BCUT2D eigenvalue weighted by Crippen LogP contribution is -2.51. The number of aromatic nitrogens is 2. The van der Waals surface area contributed by atoms with Gasteiger partial charge in [0.15, 0.2) is 5.78 Å². The molecule has 0 unspecified atom stereocenters. The van der Waals surface area contributed by atoms with Crippen LogP contribution in [0.15, 0.2) is 70.8 Å². The second-order valence-electron chi connectivity index (χ2n) is 12.7. The van der Waals surface area contributed by atoms with E-state index in [-0.39, 0.29) is 37.0 Å². The van der Waals surface area contributed by atoms with Gasteiger partial charge in [-0.25, -0.2) is 4.98 Å². The van der Waals surface area contributed by atoms with Crippen LogP contribution in [0.3, 0.4) is 0 Å². The molecule has 3 heterocycles. The lowest BCUT2D eigenvalue weighted by Gasteiger charge is -2.31. The normalized spacial score (nSPS) is 19.6. The Morgan fingerprint density at radius 3 is 2.52 bits per heavy atom. The quantitative estimate of drug-likeness (QED) is 0.139. The van der Waals surface area contributed by atoms with Gasteiger partial charge in [-0.2, -0.15) is 0 Å². The van der Waals surface area contributed by atoms with Crippen LogP contribution in [0.2, 0.25) is 10.0 Å². The van der Waals surface area contributed by atoms with Gasteiger partial charge in [0, 0.05) is 77.7 Å². The van der Waals surface area contributed by atoms with E-state index in [0.29, 0.717) is 70.8 Å². The van der Waals surface area contributed by atoms with E-state index in [1.54, 1.807) is 25.4 Å². The Bertz CT molecular complexity index is 1800. The van der Waals surface area contributed by atoms with E-state index in [4.69, 9.17) is 34.7 Å². The van der Waals surface area contributed by atoms with Gasteiger partial charge in [-0.05, 0) is 74.2 Å². The molecule has 2 amide bonds. The fourth-order valence-electron chi connectivity index (χ4n) is 6.41. The van der Waals surface area contributed by atoms with Gasteiger partial charge < -0.3 is 32.0 Å². The molecule has 0 spiro atoms. The molecule has 2 aromatic carbocycles. The fourth-order valence-corrected chi connectivity index (χ4v) is 8.03. The van der Waals surface area contributed by atoms with Crippen LogP contribution in [-0.4, -0.2) is 64.7 Å². The predicted octanol–water partition coefficient (Wildman–Crippen LogP) is 5.62. The number of carbonyl (C=O) groups is 3. The number of hydrogen-bond acceptors (Lipinski definition) is 8. The molecule has 2 aromatic heterocycles. The van der Waals surface area contributed by atoms with Gasteiger partial charge in [-0.15, -0.1) is 0 Å². The van der Waals surface area contributed by atoms with Crippen LogP contribution in [0.5, 0.6) is 0 Å². The van der Waals surface area contributed by atoms with Gasteiger partial charge in [0.1, 0.15) is 11.1 Å². The maximum Gasteiger partial charge on any atom is 0.243 e. The third-order valence-electron chi connectivity index (χ3n) is 9.28. The number of amides is 2. The molecular formula is C37H45Cl2N7O3S. The van der Waals surface area contributed by atoms with Gasteiger partial charge in [-0.3, -0.25) is 14.4 Å². The van der Waals surface area contributed by atoms with Gasteiger partial charge in [-0.1, -0.05) is 65.7 Å². The van der Waals surface area contributed by atoms with Crippen LogP contribution in [0.4, 0.5) is 0 Å². The number of benzene rings is 2. The smallest absolute Gasteiger partial charge is 0.243 e. The van der Waals surface area contributed by atoms with E-state index in [1.807, 2.05) is 42.6 Å². The lowest BCUT2D eigenvalue weighted by atomic mass is 9.90. The second kappa shape index (κ2) is 18.2. The summed E-state index contributed by atoms with van der Waals surface area (Å²) in [6, 6.07) is 13.7. The number of carbonyl (C=O) groups excluding carboxylic acids is 3. The molecule has 1 aliphatic heterocycles. The first kappa shape index (κ1) is 37.8. The van der Waals surface area contributed by atoms with E-state index in [0.717, 1.165) is 28.5 Å². The molecule has 0 saturated heterocycles. The molecule has 0 saturated carbocycles. The average molecular weight is 739 g/mol. The van der Waals surface area contributed by atoms with Crippen LogP contribution in [-0.2, 0) is 33.9 Å². The Balaban J connectivity index is 1.58. The van der Waals surface area contributed by atoms with Crippen LogP contribution >= 0.6 is 35.0 Å². The number of fused-ring (bicyclic) bond motifs is 3. The third kappa shape index (κ3) is 9.25. The molecule has 0 fully saturated rings. The Morgan fingerprint density at radius 1 is 0.940 bits per heavy atom. The summed E-state index contributed by atoms with van der Waals surface area (Å²) in [6.45, 7) is 1.35. The molecule has 13 heteroatoms. The van der Waals surface area contributed by atoms with Crippen LogP contribution in [0.25, 0.3) is 10.9 Å². The topological polar surface area (TPSA) is 159 Å².